The Kier molecular flexibility index (Phi) is 3.99. The van der Waals surface area contributed by atoms with E-state index in [1.54, 1.807) is 0 Å². The molecule has 0 aliphatic rings. The highest BCUT2D eigenvalue weighted by Gasteiger charge is 2.09. The molecule has 0 unspecified atom stereocenters. The quantitative estimate of drug-likeness (QED) is 0.705. The molecule has 1 N–H and O–H groups in total. The molecule has 0 radical (unpaired) electrons. The number of benzene rings is 2. The minimum absolute atomic E-state index is 0.267. The molecule has 0 amide bonds. The Morgan fingerprint density at radius 3 is 2.45 bits per heavy atom. The van der Waals surface area contributed by atoms with Crippen LogP contribution in [0.15, 0.2) is 36.4 Å². The maximum absolute atomic E-state index is 6.07. The minimum atomic E-state index is 0.267. The van der Waals surface area contributed by atoms with Gasteiger partial charge in [-0.1, -0.05) is 24.3 Å². The smallest absolute Gasteiger partial charge is 0.224 e. The zero-order valence-electron chi connectivity index (χ0n) is 12.9. The lowest BCUT2D eigenvalue weighted by atomic mass is 10.1. The summed E-state index contributed by atoms with van der Waals surface area (Å²) in [5.74, 6) is 0.779. The summed E-state index contributed by atoms with van der Waals surface area (Å²) in [6.45, 7) is 6.98. The maximum atomic E-state index is 6.07. The lowest BCUT2D eigenvalue weighted by Crippen LogP contribution is -2.05. The van der Waals surface area contributed by atoms with Gasteiger partial charge >= 0.3 is 0 Å². The summed E-state index contributed by atoms with van der Waals surface area (Å²) in [5, 5.41) is 4.66. The third-order valence-electron chi connectivity index (χ3n) is 3.99. The van der Waals surface area contributed by atoms with Crippen LogP contribution in [0.3, 0.4) is 0 Å². The summed E-state index contributed by atoms with van der Waals surface area (Å²) in [6.07, 6.45) is 0. The van der Waals surface area contributed by atoms with Crippen LogP contribution in [0.2, 0.25) is 5.28 Å². The van der Waals surface area contributed by atoms with Crippen molar-refractivity contribution in [2.24, 2.45) is 0 Å². The van der Waals surface area contributed by atoms with Crippen LogP contribution in [0.4, 0.5) is 5.82 Å². The molecular weight excluding hydrogens is 294 g/mol. The van der Waals surface area contributed by atoms with E-state index < -0.39 is 0 Å². The summed E-state index contributed by atoms with van der Waals surface area (Å²) >= 11 is 6.07. The van der Waals surface area contributed by atoms with E-state index in [4.69, 9.17) is 11.6 Å². The second-order valence-electron chi connectivity index (χ2n) is 5.57. The highest BCUT2D eigenvalue weighted by Crippen LogP contribution is 2.26. The molecule has 1 heterocycles. The number of rotatable bonds is 3. The van der Waals surface area contributed by atoms with Crippen molar-refractivity contribution < 1.29 is 0 Å². The van der Waals surface area contributed by atoms with Crippen molar-refractivity contribution in [2.75, 3.05) is 5.32 Å². The van der Waals surface area contributed by atoms with E-state index in [2.05, 4.69) is 60.3 Å². The van der Waals surface area contributed by atoms with Gasteiger partial charge < -0.3 is 5.32 Å². The van der Waals surface area contributed by atoms with Crippen LogP contribution < -0.4 is 5.32 Å². The first kappa shape index (κ1) is 14.8. The molecule has 1 aromatic heterocycles. The standard InChI is InChI=1S/C18H18ClN3/c1-11-6-4-5-7-14(11)10-20-17-15-8-12(2)13(3)9-16(15)21-18(19)22-17/h4-9H,10H2,1-3H3,(H,20,21,22). The van der Waals surface area contributed by atoms with Gasteiger partial charge in [-0.15, -0.1) is 0 Å². The number of nitrogens with zero attached hydrogens (tertiary/aromatic N) is 2. The second-order valence-corrected chi connectivity index (χ2v) is 5.91. The van der Waals surface area contributed by atoms with E-state index in [1.807, 2.05) is 12.1 Å². The lowest BCUT2D eigenvalue weighted by Gasteiger charge is -2.12. The zero-order valence-corrected chi connectivity index (χ0v) is 13.7. The van der Waals surface area contributed by atoms with Crippen LogP contribution in [-0.2, 0) is 6.54 Å². The van der Waals surface area contributed by atoms with Crippen molar-refractivity contribution in [3.05, 3.63) is 63.9 Å². The fourth-order valence-corrected chi connectivity index (χ4v) is 2.66. The zero-order chi connectivity index (χ0) is 15.7. The number of hydrogen-bond donors (Lipinski definition) is 1. The third kappa shape index (κ3) is 2.90. The predicted molar refractivity (Wildman–Crippen MR) is 92.5 cm³/mol. The Bertz CT molecular complexity index is 843. The first-order valence-corrected chi connectivity index (χ1v) is 7.65. The van der Waals surface area contributed by atoms with Gasteiger partial charge in [0.2, 0.25) is 5.28 Å². The van der Waals surface area contributed by atoms with Crippen molar-refractivity contribution in [1.29, 1.82) is 0 Å². The summed E-state index contributed by atoms with van der Waals surface area (Å²) in [7, 11) is 0. The molecule has 0 aliphatic heterocycles. The number of aryl methyl sites for hydroxylation is 3. The van der Waals surface area contributed by atoms with Crippen molar-refractivity contribution in [3.8, 4) is 0 Å². The number of nitrogens with one attached hydrogen (secondary N) is 1. The number of halogens is 1. The first-order chi connectivity index (χ1) is 10.5. The monoisotopic (exact) mass is 311 g/mol. The van der Waals surface area contributed by atoms with Gasteiger partial charge in [0.05, 0.1) is 5.52 Å². The SMILES string of the molecule is Cc1cc2nc(Cl)nc(NCc3ccccc3C)c2cc1C. The van der Waals surface area contributed by atoms with Crippen LogP contribution in [-0.4, -0.2) is 9.97 Å². The van der Waals surface area contributed by atoms with E-state index >= 15 is 0 Å². The van der Waals surface area contributed by atoms with E-state index in [0.29, 0.717) is 6.54 Å². The molecule has 3 nitrogen and oxygen atoms in total. The predicted octanol–water partition coefficient (Wildman–Crippen LogP) is 4.82. The molecule has 4 heteroatoms. The van der Waals surface area contributed by atoms with Crippen LogP contribution in [0, 0.1) is 20.8 Å². The Balaban J connectivity index is 1.99. The highest BCUT2D eigenvalue weighted by atomic mass is 35.5. The second kappa shape index (κ2) is 5.93. The fraction of sp³-hybridized carbons (Fsp3) is 0.222. The molecule has 112 valence electrons. The molecular formula is C18H18ClN3. The molecule has 0 fully saturated rings. The fourth-order valence-electron chi connectivity index (χ4n) is 2.48. The Morgan fingerprint density at radius 2 is 1.68 bits per heavy atom. The van der Waals surface area contributed by atoms with E-state index in [-0.39, 0.29) is 5.28 Å². The van der Waals surface area contributed by atoms with Crippen LogP contribution in [0.5, 0.6) is 0 Å². The summed E-state index contributed by atoms with van der Waals surface area (Å²) in [6, 6.07) is 12.5. The first-order valence-electron chi connectivity index (χ1n) is 7.27. The number of fused-ring (bicyclic) bond motifs is 1. The molecule has 3 rings (SSSR count). The van der Waals surface area contributed by atoms with Gasteiger partial charge in [-0.2, -0.15) is 0 Å². The molecule has 22 heavy (non-hydrogen) atoms. The molecule has 2 aromatic carbocycles. The molecule has 0 atom stereocenters. The normalized spacial score (nSPS) is 10.9. The molecule has 0 bridgehead atoms. The Morgan fingerprint density at radius 1 is 0.955 bits per heavy atom. The number of aromatic nitrogens is 2. The van der Waals surface area contributed by atoms with Crippen molar-refractivity contribution in [2.45, 2.75) is 27.3 Å². The van der Waals surface area contributed by atoms with Gasteiger partial charge in [-0.05, 0) is 66.8 Å². The Hall–Kier alpha value is -2.13. The van der Waals surface area contributed by atoms with Gasteiger partial charge in [0.15, 0.2) is 0 Å². The van der Waals surface area contributed by atoms with Gasteiger partial charge in [-0.3, -0.25) is 0 Å². The van der Waals surface area contributed by atoms with Gasteiger partial charge in [0.1, 0.15) is 5.82 Å². The van der Waals surface area contributed by atoms with Gasteiger partial charge in [0, 0.05) is 11.9 Å². The van der Waals surface area contributed by atoms with E-state index in [9.17, 15) is 0 Å². The largest absolute Gasteiger partial charge is 0.365 e. The molecule has 0 saturated carbocycles. The van der Waals surface area contributed by atoms with Crippen LogP contribution in [0.1, 0.15) is 22.3 Å². The van der Waals surface area contributed by atoms with E-state index in [1.165, 1.54) is 22.3 Å². The Labute approximate surface area is 135 Å². The molecule has 3 aromatic rings. The highest BCUT2D eigenvalue weighted by molar-refractivity contribution is 6.28. The van der Waals surface area contributed by atoms with Crippen LogP contribution in [0.25, 0.3) is 10.9 Å². The van der Waals surface area contributed by atoms with Crippen molar-refractivity contribution >= 4 is 28.3 Å². The van der Waals surface area contributed by atoms with Crippen LogP contribution >= 0.6 is 11.6 Å². The molecule has 0 saturated heterocycles. The topological polar surface area (TPSA) is 37.8 Å². The molecule has 0 spiro atoms. The average molecular weight is 312 g/mol. The van der Waals surface area contributed by atoms with Crippen molar-refractivity contribution in [3.63, 3.8) is 0 Å². The third-order valence-corrected chi connectivity index (χ3v) is 4.16. The summed E-state index contributed by atoms with van der Waals surface area (Å²) < 4.78 is 0. The van der Waals surface area contributed by atoms with Gasteiger partial charge in [-0.25, -0.2) is 9.97 Å². The minimum Gasteiger partial charge on any atom is -0.365 e. The average Bonchev–Trinajstić information content (AvgIpc) is 2.48. The number of anilines is 1. The summed E-state index contributed by atoms with van der Waals surface area (Å²) in [5.41, 5.74) is 5.79. The number of hydrogen-bond acceptors (Lipinski definition) is 3. The lowest BCUT2D eigenvalue weighted by molar-refractivity contribution is 1.08. The maximum Gasteiger partial charge on any atom is 0.224 e. The summed E-state index contributed by atoms with van der Waals surface area (Å²) in [4.78, 5) is 8.69. The van der Waals surface area contributed by atoms with Crippen molar-refractivity contribution in [1.82, 2.24) is 9.97 Å². The van der Waals surface area contributed by atoms with E-state index in [0.717, 1.165) is 16.7 Å². The molecule has 0 aliphatic carbocycles. The van der Waals surface area contributed by atoms with Gasteiger partial charge in [0.25, 0.3) is 0 Å².